The molecule has 3 N–H and O–H groups in total. The van der Waals surface area contributed by atoms with Gasteiger partial charge in [-0.05, 0) is 25.7 Å². The number of nitrogens with two attached hydrogens (primary N) is 1. The van der Waals surface area contributed by atoms with E-state index in [-0.39, 0.29) is 12.6 Å². The second-order valence-corrected chi connectivity index (χ2v) is 4.64. The van der Waals surface area contributed by atoms with E-state index in [0.29, 0.717) is 6.54 Å². The molecule has 1 amide bonds. The Balaban J connectivity index is 1.99. The SMILES string of the molecule is NC1CCC2(CC1)CN(CC(=O)O)C(=O)O2. The van der Waals surface area contributed by atoms with Crippen molar-refractivity contribution in [1.29, 1.82) is 0 Å². The number of aliphatic carboxylic acids is 1. The molecule has 0 aromatic heterocycles. The fourth-order valence-corrected chi connectivity index (χ4v) is 2.40. The zero-order chi connectivity index (χ0) is 11.8. The fraction of sp³-hybridized carbons (Fsp3) is 0.800. The molecule has 2 fully saturated rings. The molecule has 1 aliphatic carbocycles. The molecule has 6 nitrogen and oxygen atoms in total. The fourth-order valence-electron chi connectivity index (χ4n) is 2.40. The molecule has 2 rings (SSSR count). The largest absolute Gasteiger partial charge is 0.480 e. The van der Waals surface area contributed by atoms with E-state index in [9.17, 15) is 9.59 Å². The van der Waals surface area contributed by atoms with Crippen LogP contribution in [0.1, 0.15) is 25.7 Å². The smallest absolute Gasteiger partial charge is 0.411 e. The highest BCUT2D eigenvalue weighted by molar-refractivity contribution is 5.78. The quantitative estimate of drug-likeness (QED) is 0.702. The molecule has 90 valence electrons. The Hall–Kier alpha value is -1.30. The van der Waals surface area contributed by atoms with Crippen LogP contribution in [0, 0.1) is 0 Å². The Kier molecular flexibility index (Phi) is 2.75. The summed E-state index contributed by atoms with van der Waals surface area (Å²) < 4.78 is 5.32. The Morgan fingerprint density at radius 1 is 1.56 bits per heavy atom. The highest BCUT2D eigenvalue weighted by atomic mass is 16.6. The number of carboxylic acid groups (broad SMARTS) is 1. The predicted molar refractivity (Wildman–Crippen MR) is 54.9 cm³/mol. The van der Waals surface area contributed by atoms with Gasteiger partial charge in [0.1, 0.15) is 12.1 Å². The Bertz CT molecular complexity index is 310. The standard InChI is InChI=1S/C10H16N2O4/c11-7-1-3-10(4-2-7)6-12(5-8(13)14)9(15)16-10/h7H,1-6,11H2,(H,13,14). The third kappa shape index (κ3) is 2.11. The van der Waals surface area contributed by atoms with Crippen LogP contribution in [0.4, 0.5) is 4.79 Å². The predicted octanol–water partition coefficient (Wildman–Crippen LogP) is 0.163. The number of nitrogens with zero attached hydrogens (tertiary/aromatic N) is 1. The summed E-state index contributed by atoms with van der Waals surface area (Å²) in [6.07, 6.45) is 2.60. The number of ether oxygens (including phenoxy) is 1. The molecule has 0 aromatic rings. The summed E-state index contributed by atoms with van der Waals surface area (Å²) in [6, 6.07) is 0.179. The molecule has 2 aliphatic rings. The van der Waals surface area contributed by atoms with E-state index in [1.165, 1.54) is 4.90 Å². The summed E-state index contributed by atoms with van der Waals surface area (Å²) in [6.45, 7) is 0.0947. The maximum atomic E-state index is 11.5. The molecule has 1 saturated carbocycles. The van der Waals surface area contributed by atoms with E-state index in [2.05, 4.69) is 0 Å². The van der Waals surface area contributed by atoms with Crippen LogP contribution in [-0.2, 0) is 9.53 Å². The first-order valence-electron chi connectivity index (χ1n) is 5.46. The van der Waals surface area contributed by atoms with Crippen LogP contribution in [0.15, 0.2) is 0 Å². The maximum absolute atomic E-state index is 11.5. The first-order chi connectivity index (χ1) is 7.51. The van der Waals surface area contributed by atoms with Crippen molar-refractivity contribution in [1.82, 2.24) is 4.90 Å². The second kappa shape index (κ2) is 3.93. The molecule has 0 radical (unpaired) electrons. The molecule has 16 heavy (non-hydrogen) atoms. The zero-order valence-corrected chi connectivity index (χ0v) is 9.02. The number of hydrogen-bond donors (Lipinski definition) is 2. The average molecular weight is 228 g/mol. The first kappa shape index (κ1) is 11.2. The highest BCUT2D eigenvalue weighted by Crippen LogP contribution is 2.36. The minimum atomic E-state index is -1.01. The first-order valence-corrected chi connectivity index (χ1v) is 5.46. The molecule has 1 aliphatic heterocycles. The van der Waals surface area contributed by atoms with E-state index in [4.69, 9.17) is 15.6 Å². The Labute approximate surface area is 93.3 Å². The van der Waals surface area contributed by atoms with Gasteiger partial charge in [-0.25, -0.2) is 4.79 Å². The molecule has 1 heterocycles. The van der Waals surface area contributed by atoms with Gasteiger partial charge in [0.05, 0.1) is 6.54 Å². The normalized spacial score (nSPS) is 34.2. The Morgan fingerprint density at radius 3 is 2.75 bits per heavy atom. The van der Waals surface area contributed by atoms with E-state index < -0.39 is 17.7 Å². The lowest BCUT2D eigenvalue weighted by molar-refractivity contribution is -0.137. The van der Waals surface area contributed by atoms with Crippen LogP contribution in [0.25, 0.3) is 0 Å². The topological polar surface area (TPSA) is 92.9 Å². The average Bonchev–Trinajstić information content (AvgIpc) is 2.49. The van der Waals surface area contributed by atoms with Gasteiger partial charge in [0, 0.05) is 6.04 Å². The molecule has 1 spiro atoms. The van der Waals surface area contributed by atoms with Crippen molar-refractivity contribution < 1.29 is 19.4 Å². The van der Waals surface area contributed by atoms with Gasteiger partial charge in [0.25, 0.3) is 0 Å². The minimum absolute atomic E-state index is 0.179. The molecule has 0 bridgehead atoms. The van der Waals surface area contributed by atoms with Gasteiger partial charge in [-0.15, -0.1) is 0 Å². The lowest BCUT2D eigenvalue weighted by atomic mass is 9.82. The lowest BCUT2D eigenvalue weighted by Crippen LogP contribution is -2.42. The van der Waals surface area contributed by atoms with Gasteiger partial charge in [-0.2, -0.15) is 0 Å². The van der Waals surface area contributed by atoms with Crippen LogP contribution in [0.2, 0.25) is 0 Å². The van der Waals surface area contributed by atoms with Crippen LogP contribution >= 0.6 is 0 Å². The monoisotopic (exact) mass is 228 g/mol. The van der Waals surface area contributed by atoms with Crippen molar-refractivity contribution in [3.63, 3.8) is 0 Å². The number of carbonyl (C=O) groups excluding carboxylic acids is 1. The van der Waals surface area contributed by atoms with Crippen molar-refractivity contribution >= 4 is 12.1 Å². The molecular weight excluding hydrogens is 212 g/mol. The van der Waals surface area contributed by atoms with Crippen molar-refractivity contribution in [2.45, 2.75) is 37.3 Å². The molecule has 0 aromatic carbocycles. The van der Waals surface area contributed by atoms with Crippen molar-refractivity contribution in [3.05, 3.63) is 0 Å². The second-order valence-electron chi connectivity index (χ2n) is 4.64. The summed E-state index contributed by atoms with van der Waals surface area (Å²) in [4.78, 5) is 23.3. The Morgan fingerprint density at radius 2 is 2.19 bits per heavy atom. The summed E-state index contributed by atoms with van der Waals surface area (Å²) in [5.74, 6) is -1.01. The molecule has 1 saturated heterocycles. The number of rotatable bonds is 2. The van der Waals surface area contributed by atoms with Gasteiger partial charge >= 0.3 is 12.1 Å². The zero-order valence-electron chi connectivity index (χ0n) is 9.02. The minimum Gasteiger partial charge on any atom is -0.480 e. The summed E-state index contributed by atoms with van der Waals surface area (Å²) in [7, 11) is 0. The van der Waals surface area contributed by atoms with Crippen molar-refractivity contribution in [2.24, 2.45) is 5.73 Å². The summed E-state index contributed by atoms with van der Waals surface area (Å²) >= 11 is 0. The van der Waals surface area contributed by atoms with E-state index in [1.807, 2.05) is 0 Å². The maximum Gasteiger partial charge on any atom is 0.411 e. The van der Waals surface area contributed by atoms with E-state index >= 15 is 0 Å². The summed E-state index contributed by atoms with van der Waals surface area (Å²) in [5.41, 5.74) is 5.30. The van der Waals surface area contributed by atoms with E-state index in [0.717, 1.165) is 25.7 Å². The van der Waals surface area contributed by atoms with Gasteiger partial charge in [0.2, 0.25) is 0 Å². The van der Waals surface area contributed by atoms with Crippen molar-refractivity contribution in [2.75, 3.05) is 13.1 Å². The van der Waals surface area contributed by atoms with E-state index in [1.54, 1.807) is 0 Å². The highest BCUT2D eigenvalue weighted by Gasteiger charge is 2.47. The van der Waals surface area contributed by atoms with Gasteiger partial charge in [-0.1, -0.05) is 0 Å². The van der Waals surface area contributed by atoms with Crippen LogP contribution in [0.5, 0.6) is 0 Å². The molecule has 6 heteroatoms. The van der Waals surface area contributed by atoms with Gasteiger partial charge in [0.15, 0.2) is 0 Å². The van der Waals surface area contributed by atoms with Crippen LogP contribution in [0.3, 0.4) is 0 Å². The van der Waals surface area contributed by atoms with Gasteiger partial charge in [-0.3, -0.25) is 9.69 Å². The van der Waals surface area contributed by atoms with Crippen LogP contribution < -0.4 is 5.73 Å². The van der Waals surface area contributed by atoms with Gasteiger partial charge < -0.3 is 15.6 Å². The number of carboxylic acids is 1. The third-order valence-corrected chi connectivity index (χ3v) is 3.31. The summed E-state index contributed by atoms with van der Waals surface area (Å²) in [5, 5.41) is 8.65. The van der Waals surface area contributed by atoms with Crippen LogP contribution in [-0.4, -0.2) is 46.8 Å². The number of hydrogen-bond acceptors (Lipinski definition) is 4. The molecule has 0 atom stereocenters. The lowest BCUT2D eigenvalue weighted by Gasteiger charge is -2.33. The van der Waals surface area contributed by atoms with Crippen molar-refractivity contribution in [3.8, 4) is 0 Å². The molecular formula is C10H16N2O4. The third-order valence-electron chi connectivity index (χ3n) is 3.31. The number of amides is 1. The number of carbonyl (C=O) groups is 2. The molecule has 0 unspecified atom stereocenters.